The molecule has 5 heteroatoms. The van der Waals surface area contributed by atoms with Gasteiger partial charge in [-0.2, -0.15) is 5.26 Å². The molecule has 1 aliphatic heterocycles. The third-order valence-electron chi connectivity index (χ3n) is 2.67. The topological polar surface area (TPSA) is 76.4 Å². The van der Waals surface area contributed by atoms with Crippen LogP contribution in [0.4, 0.5) is 0 Å². The monoisotopic (exact) mass is 211 g/mol. The third kappa shape index (κ3) is 4.28. The molecule has 0 bridgehead atoms. The predicted molar refractivity (Wildman–Crippen MR) is 54.9 cm³/mol. The molecule has 1 saturated heterocycles. The maximum absolute atomic E-state index is 11.3. The Labute approximate surface area is 89.7 Å². The van der Waals surface area contributed by atoms with Crippen molar-refractivity contribution in [3.05, 3.63) is 0 Å². The Morgan fingerprint density at radius 1 is 1.60 bits per heavy atom. The van der Waals surface area contributed by atoms with Crippen LogP contribution in [0.2, 0.25) is 0 Å². The molecule has 84 valence electrons. The number of hydrogen-bond acceptors (Lipinski definition) is 4. The summed E-state index contributed by atoms with van der Waals surface area (Å²) in [5.41, 5.74) is -0.584. The first kappa shape index (κ1) is 12.0. The van der Waals surface area contributed by atoms with E-state index in [9.17, 15) is 9.90 Å². The van der Waals surface area contributed by atoms with Crippen molar-refractivity contribution in [2.45, 2.75) is 25.4 Å². The van der Waals surface area contributed by atoms with Crippen molar-refractivity contribution in [2.75, 3.05) is 26.2 Å². The molecule has 0 aliphatic carbocycles. The van der Waals surface area contributed by atoms with Gasteiger partial charge in [-0.15, -0.1) is 0 Å². The number of amides is 1. The zero-order valence-electron chi connectivity index (χ0n) is 8.99. The molecule has 0 aromatic carbocycles. The van der Waals surface area contributed by atoms with Crippen LogP contribution in [0.5, 0.6) is 0 Å². The van der Waals surface area contributed by atoms with Gasteiger partial charge in [0.25, 0.3) is 0 Å². The van der Waals surface area contributed by atoms with Gasteiger partial charge in [-0.1, -0.05) is 0 Å². The molecule has 1 fully saturated rings. The summed E-state index contributed by atoms with van der Waals surface area (Å²) in [6.45, 7) is 3.65. The minimum absolute atomic E-state index is 0.0599. The first-order valence-electron chi connectivity index (χ1n) is 5.12. The number of aliphatic hydroxyl groups is 1. The molecule has 0 aromatic heterocycles. The standard InChI is InChI=1S/C10H17N3O2/c1-10(15)2-6-13(7-3-10)8-9(14)12-5-4-11/h15H,2-3,5-8H2,1H3,(H,12,14). The second-order valence-corrected chi connectivity index (χ2v) is 4.21. The first-order valence-corrected chi connectivity index (χ1v) is 5.12. The van der Waals surface area contributed by atoms with E-state index < -0.39 is 5.60 Å². The summed E-state index contributed by atoms with van der Waals surface area (Å²) in [5, 5.41) is 20.5. The summed E-state index contributed by atoms with van der Waals surface area (Å²) in [6, 6.07) is 1.86. The van der Waals surface area contributed by atoms with E-state index in [1.807, 2.05) is 17.9 Å². The number of nitrogens with zero attached hydrogens (tertiary/aromatic N) is 2. The summed E-state index contributed by atoms with van der Waals surface area (Å²) >= 11 is 0. The van der Waals surface area contributed by atoms with Gasteiger partial charge in [0.2, 0.25) is 5.91 Å². The van der Waals surface area contributed by atoms with Crippen molar-refractivity contribution >= 4 is 5.91 Å². The fourth-order valence-corrected chi connectivity index (χ4v) is 1.59. The fourth-order valence-electron chi connectivity index (χ4n) is 1.59. The number of hydrogen-bond donors (Lipinski definition) is 2. The van der Waals surface area contributed by atoms with E-state index in [2.05, 4.69) is 5.32 Å². The molecule has 0 saturated carbocycles. The minimum Gasteiger partial charge on any atom is -0.390 e. The largest absolute Gasteiger partial charge is 0.390 e. The molecule has 0 aromatic rings. The molecule has 0 spiro atoms. The van der Waals surface area contributed by atoms with Crippen LogP contribution in [0.25, 0.3) is 0 Å². The first-order chi connectivity index (χ1) is 7.03. The Kier molecular flexibility index (Phi) is 4.06. The van der Waals surface area contributed by atoms with E-state index in [0.29, 0.717) is 19.4 Å². The fraction of sp³-hybridized carbons (Fsp3) is 0.800. The highest BCUT2D eigenvalue weighted by Gasteiger charge is 2.27. The Balaban J connectivity index is 2.24. The number of carbonyl (C=O) groups is 1. The smallest absolute Gasteiger partial charge is 0.235 e. The van der Waals surface area contributed by atoms with Crippen LogP contribution in [0.15, 0.2) is 0 Å². The normalized spacial score (nSPS) is 20.6. The third-order valence-corrected chi connectivity index (χ3v) is 2.67. The van der Waals surface area contributed by atoms with Crippen LogP contribution in [0, 0.1) is 11.3 Å². The van der Waals surface area contributed by atoms with Crippen molar-refractivity contribution in [2.24, 2.45) is 0 Å². The van der Waals surface area contributed by atoms with Crippen LogP contribution in [-0.2, 0) is 4.79 Å². The minimum atomic E-state index is -0.584. The van der Waals surface area contributed by atoms with E-state index in [0.717, 1.165) is 13.1 Å². The Morgan fingerprint density at radius 3 is 2.73 bits per heavy atom. The number of rotatable bonds is 3. The van der Waals surface area contributed by atoms with Gasteiger partial charge in [0.1, 0.15) is 6.54 Å². The van der Waals surface area contributed by atoms with Gasteiger partial charge in [-0.3, -0.25) is 9.69 Å². The molecule has 1 amide bonds. The maximum atomic E-state index is 11.3. The second kappa shape index (κ2) is 5.10. The average molecular weight is 211 g/mol. The zero-order valence-corrected chi connectivity index (χ0v) is 8.99. The Bertz CT molecular complexity index is 260. The molecule has 2 N–H and O–H groups in total. The van der Waals surface area contributed by atoms with Gasteiger partial charge in [0.05, 0.1) is 18.2 Å². The highest BCUT2D eigenvalue weighted by atomic mass is 16.3. The zero-order chi connectivity index (χ0) is 11.3. The quantitative estimate of drug-likeness (QED) is 0.615. The van der Waals surface area contributed by atoms with Crippen molar-refractivity contribution in [3.63, 3.8) is 0 Å². The Morgan fingerprint density at radius 2 is 2.20 bits per heavy atom. The van der Waals surface area contributed by atoms with Gasteiger partial charge < -0.3 is 10.4 Å². The summed E-state index contributed by atoms with van der Waals surface area (Å²) in [5.74, 6) is -0.127. The molecule has 1 rings (SSSR count). The van der Waals surface area contributed by atoms with Crippen LogP contribution in [-0.4, -0.2) is 47.7 Å². The summed E-state index contributed by atoms with van der Waals surface area (Å²) in [7, 11) is 0. The van der Waals surface area contributed by atoms with E-state index in [4.69, 9.17) is 5.26 Å². The lowest BCUT2D eigenvalue weighted by Gasteiger charge is -2.35. The van der Waals surface area contributed by atoms with Gasteiger partial charge in [0.15, 0.2) is 0 Å². The number of piperidine rings is 1. The highest BCUT2D eigenvalue weighted by molar-refractivity contribution is 5.78. The Hall–Kier alpha value is -1.12. The van der Waals surface area contributed by atoms with Gasteiger partial charge >= 0.3 is 0 Å². The number of carbonyl (C=O) groups excluding carboxylic acids is 1. The summed E-state index contributed by atoms with van der Waals surface area (Å²) in [6.07, 6.45) is 1.39. The lowest BCUT2D eigenvalue weighted by Crippen LogP contribution is -2.46. The average Bonchev–Trinajstić information content (AvgIpc) is 2.18. The van der Waals surface area contributed by atoms with Gasteiger partial charge in [-0.05, 0) is 19.8 Å². The number of nitrogens with one attached hydrogen (secondary N) is 1. The molecule has 0 atom stereocenters. The van der Waals surface area contributed by atoms with Gasteiger partial charge in [0, 0.05) is 13.1 Å². The molecule has 15 heavy (non-hydrogen) atoms. The maximum Gasteiger partial charge on any atom is 0.235 e. The molecule has 1 heterocycles. The molecule has 1 aliphatic rings. The lowest BCUT2D eigenvalue weighted by molar-refractivity contribution is -0.123. The van der Waals surface area contributed by atoms with Crippen molar-refractivity contribution < 1.29 is 9.90 Å². The summed E-state index contributed by atoms with van der Waals surface area (Å²) in [4.78, 5) is 13.3. The van der Waals surface area contributed by atoms with E-state index in [1.165, 1.54) is 0 Å². The molecule has 0 radical (unpaired) electrons. The van der Waals surface area contributed by atoms with Crippen molar-refractivity contribution in [3.8, 4) is 6.07 Å². The lowest BCUT2D eigenvalue weighted by atomic mass is 9.94. The van der Waals surface area contributed by atoms with E-state index in [1.54, 1.807) is 0 Å². The molecule has 0 unspecified atom stereocenters. The number of likely N-dealkylation sites (tertiary alicyclic amines) is 1. The van der Waals surface area contributed by atoms with E-state index >= 15 is 0 Å². The SMILES string of the molecule is CC1(O)CCN(CC(=O)NCC#N)CC1. The molecular formula is C10H17N3O2. The predicted octanol–water partition coefficient (Wildman–Crippen LogP) is -0.527. The molecular weight excluding hydrogens is 194 g/mol. The van der Waals surface area contributed by atoms with Crippen LogP contribution < -0.4 is 5.32 Å². The van der Waals surface area contributed by atoms with E-state index in [-0.39, 0.29) is 12.5 Å². The molecule has 5 nitrogen and oxygen atoms in total. The van der Waals surface area contributed by atoms with Gasteiger partial charge in [-0.25, -0.2) is 0 Å². The van der Waals surface area contributed by atoms with Crippen LogP contribution in [0.1, 0.15) is 19.8 Å². The second-order valence-electron chi connectivity index (χ2n) is 4.21. The van der Waals surface area contributed by atoms with Crippen molar-refractivity contribution in [1.29, 1.82) is 5.26 Å². The summed E-state index contributed by atoms with van der Waals surface area (Å²) < 4.78 is 0. The highest BCUT2D eigenvalue weighted by Crippen LogP contribution is 2.20. The van der Waals surface area contributed by atoms with Crippen molar-refractivity contribution in [1.82, 2.24) is 10.2 Å². The van der Waals surface area contributed by atoms with Crippen LogP contribution >= 0.6 is 0 Å². The van der Waals surface area contributed by atoms with Crippen LogP contribution in [0.3, 0.4) is 0 Å². The number of nitriles is 1.